The zero-order valence-corrected chi connectivity index (χ0v) is 16.5. The second-order valence-corrected chi connectivity index (χ2v) is 6.84. The lowest BCUT2D eigenvalue weighted by atomic mass is 10.0. The summed E-state index contributed by atoms with van der Waals surface area (Å²) in [6.45, 7) is 5.89. The van der Waals surface area contributed by atoms with Crippen molar-refractivity contribution in [3.8, 4) is 11.5 Å². The Kier molecular flexibility index (Phi) is 9.13. The second kappa shape index (κ2) is 10.8. The molecule has 0 radical (unpaired) electrons. The summed E-state index contributed by atoms with van der Waals surface area (Å²) in [7, 11) is 7.45. The molecule has 0 aromatic heterocycles. The molecule has 0 aliphatic carbocycles. The van der Waals surface area contributed by atoms with Crippen molar-refractivity contribution in [1.29, 1.82) is 0 Å². The zero-order valence-electron chi connectivity index (χ0n) is 16.5. The van der Waals surface area contributed by atoms with Gasteiger partial charge in [0.25, 0.3) is 0 Å². The number of nitrogens with one attached hydrogen (secondary N) is 1. The van der Waals surface area contributed by atoms with Crippen molar-refractivity contribution in [3.05, 3.63) is 23.8 Å². The highest BCUT2D eigenvalue weighted by Gasteiger charge is 2.12. The molecular formula is C19H34N4O2. The first-order chi connectivity index (χ1) is 11.9. The monoisotopic (exact) mass is 350 g/mol. The van der Waals surface area contributed by atoms with Crippen LogP contribution in [0.2, 0.25) is 0 Å². The van der Waals surface area contributed by atoms with Crippen molar-refractivity contribution in [2.24, 2.45) is 16.6 Å². The van der Waals surface area contributed by atoms with E-state index in [9.17, 15) is 0 Å². The highest BCUT2D eigenvalue weighted by Crippen LogP contribution is 2.27. The molecule has 1 aromatic carbocycles. The first kappa shape index (κ1) is 21.1. The Hall–Kier alpha value is -1.95. The van der Waals surface area contributed by atoms with Crippen LogP contribution in [-0.2, 0) is 6.42 Å². The maximum Gasteiger partial charge on any atom is 0.188 e. The fourth-order valence-electron chi connectivity index (χ4n) is 2.62. The first-order valence-corrected chi connectivity index (χ1v) is 8.78. The average Bonchev–Trinajstić information content (AvgIpc) is 2.57. The molecule has 142 valence electrons. The van der Waals surface area contributed by atoms with E-state index in [-0.39, 0.29) is 0 Å². The zero-order chi connectivity index (χ0) is 18.8. The second-order valence-electron chi connectivity index (χ2n) is 6.84. The number of rotatable bonds is 10. The minimum Gasteiger partial charge on any atom is -0.493 e. The van der Waals surface area contributed by atoms with Crippen molar-refractivity contribution < 1.29 is 9.47 Å². The van der Waals surface area contributed by atoms with Crippen molar-refractivity contribution in [2.45, 2.75) is 32.7 Å². The number of guanidine groups is 1. The summed E-state index contributed by atoms with van der Waals surface area (Å²) in [5, 5.41) is 3.18. The predicted molar refractivity (Wildman–Crippen MR) is 105 cm³/mol. The van der Waals surface area contributed by atoms with E-state index in [4.69, 9.17) is 15.2 Å². The maximum atomic E-state index is 5.99. The lowest BCUT2D eigenvalue weighted by Gasteiger charge is -2.24. The number of benzene rings is 1. The third-order valence-corrected chi connectivity index (χ3v) is 4.11. The van der Waals surface area contributed by atoms with E-state index in [1.54, 1.807) is 14.2 Å². The molecular weight excluding hydrogens is 316 g/mol. The molecule has 1 unspecified atom stereocenters. The van der Waals surface area contributed by atoms with Crippen LogP contribution in [0.3, 0.4) is 0 Å². The number of nitrogens with two attached hydrogens (primary N) is 1. The Bertz CT molecular complexity index is 544. The number of nitrogens with zero attached hydrogens (tertiary/aromatic N) is 2. The lowest BCUT2D eigenvalue weighted by molar-refractivity contribution is 0.261. The summed E-state index contributed by atoms with van der Waals surface area (Å²) in [5.74, 6) is 2.61. The predicted octanol–water partition coefficient (Wildman–Crippen LogP) is 2.13. The van der Waals surface area contributed by atoms with Gasteiger partial charge in [0.05, 0.1) is 20.8 Å². The largest absolute Gasteiger partial charge is 0.493 e. The Morgan fingerprint density at radius 3 is 2.44 bits per heavy atom. The number of hydrogen-bond donors (Lipinski definition) is 2. The standard InChI is InChI=1S/C19H34N4O2/c1-14(2)11-16(23(3)4)13-22-19(20)21-10-9-15-7-8-17(24-5)18(12-15)25-6/h7-8,12,14,16H,9-11,13H2,1-6H3,(H3,20,21,22). The normalized spacial score (nSPS) is 13.2. The molecule has 0 fully saturated rings. The van der Waals surface area contributed by atoms with Gasteiger partial charge in [0.1, 0.15) is 0 Å². The number of hydrogen-bond acceptors (Lipinski definition) is 4. The van der Waals surface area contributed by atoms with Crippen LogP contribution < -0.4 is 20.5 Å². The van der Waals surface area contributed by atoms with Gasteiger partial charge in [0.15, 0.2) is 17.5 Å². The SMILES string of the molecule is COc1ccc(CCNC(N)=NCC(CC(C)C)N(C)C)cc1OC. The highest BCUT2D eigenvalue weighted by atomic mass is 16.5. The molecule has 3 N–H and O–H groups in total. The molecule has 0 saturated carbocycles. The van der Waals surface area contributed by atoms with Gasteiger partial charge < -0.3 is 25.4 Å². The van der Waals surface area contributed by atoms with Crippen LogP contribution in [0.15, 0.2) is 23.2 Å². The Labute approximate surface area is 152 Å². The summed E-state index contributed by atoms with van der Waals surface area (Å²) in [6.07, 6.45) is 1.94. The molecule has 0 heterocycles. The number of likely N-dealkylation sites (N-methyl/N-ethyl adjacent to an activating group) is 1. The maximum absolute atomic E-state index is 5.99. The molecule has 6 nitrogen and oxygen atoms in total. The highest BCUT2D eigenvalue weighted by molar-refractivity contribution is 5.77. The van der Waals surface area contributed by atoms with Gasteiger partial charge in [0, 0.05) is 12.6 Å². The molecule has 0 aliphatic heterocycles. The molecule has 1 atom stereocenters. The van der Waals surface area contributed by atoms with E-state index in [0.717, 1.165) is 36.4 Å². The van der Waals surface area contributed by atoms with E-state index in [0.29, 0.717) is 24.5 Å². The van der Waals surface area contributed by atoms with Crippen LogP contribution >= 0.6 is 0 Å². The Morgan fingerprint density at radius 1 is 1.20 bits per heavy atom. The smallest absolute Gasteiger partial charge is 0.188 e. The Morgan fingerprint density at radius 2 is 1.88 bits per heavy atom. The Balaban J connectivity index is 2.49. The molecule has 0 bridgehead atoms. The molecule has 25 heavy (non-hydrogen) atoms. The third kappa shape index (κ3) is 7.65. The van der Waals surface area contributed by atoms with Crippen LogP contribution in [0.1, 0.15) is 25.8 Å². The molecule has 0 amide bonds. The van der Waals surface area contributed by atoms with Gasteiger partial charge in [-0.1, -0.05) is 19.9 Å². The fraction of sp³-hybridized carbons (Fsp3) is 0.632. The molecule has 6 heteroatoms. The summed E-state index contributed by atoms with van der Waals surface area (Å²) in [5.41, 5.74) is 7.15. The van der Waals surface area contributed by atoms with Gasteiger partial charge in [-0.3, -0.25) is 4.99 Å². The quantitative estimate of drug-likeness (QED) is 0.500. The van der Waals surface area contributed by atoms with Gasteiger partial charge in [-0.25, -0.2) is 0 Å². The first-order valence-electron chi connectivity index (χ1n) is 8.78. The summed E-state index contributed by atoms with van der Waals surface area (Å²) < 4.78 is 10.6. The topological polar surface area (TPSA) is 72.1 Å². The third-order valence-electron chi connectivity index (χ3n) is 4.11. The van der Waals surface area contributed by atoms with Gasteiger partial charge in [-0.2, -0.15) is 0 Å². The van der Waals surface area contributed by atoms with Crippen LogP contribution in [0.5, 0.6) is 11.5 Å². The molecule has 1 aromatic rings. The molecule has 0 aliphatic rings. The summed E-state index contributed by atoms with van der Waals surface area (Å²) in [4.78, 5) is 6.70. The van der Waals surface area contributed by atoms with Crippen LogP contribution in [-0.4, -0.2) is 58.3 Å². The van der Waals surface area contributed by atoms with E-state index < -0.39 is 0 Å². The summed E-state index contributed by atoms with van der Waals surface area (Å²) >= 11 is 0. The van der Waals surface area contributed by atoms with Crippen molar-refractivity contribution in [2.75, 3.05) is 41.4 Å². The van der Waals surface area contributed by atoms with Crippen molar-refractivity contribution >= 4 is 5.96 Å². The van der Waals surface area contributed by atoms with E-state index in [1.165, 1.54) is 0 Å². The number of aliphatic imine (C=N–C) groups is 1. The number of ether oxygens (including phenoxy) is 2. The van der Waals surface area contributed by atoms with Crippen molar-refractivity contribution in [1.82, 2.24) is 10.2 Å². The minimum atomic E-state index is 0.409. The van der Waals surface area contributed by atoms with Gasteiger partial charge in [-0.15, -0.1) is 0 Å². The van der Waals surface area contributed by atoms with Gasteiger partial charge in [-0.05, 0) is 50.6 Å². The van der Waals surface area contributed by atoms with Gasteiger partial charge >= 0.3 is 0 Å². The minimum absolute atomic E-state index is 0.409. The summed E-state index contributed by atoms with van der Waals surface area (Å²) in [6, 6.07) is 6.34. The van der Waals surface area contributed by atoms with Gasteiger partial charge in [0.2, 0.25) is 0 Å². The van der Waals surface area contributed by atoms with Crippen LogP contribution in [0.25, 0.3) is 0 Å². The fourth-order valence-corrected chi connectivity index (χ4v) is 2.62. The molecule has 0 spiro atoms. The average molecular weight is 351 g/mol. The van der Waals surface area contributed by atoms with E-state index >= 15 is 0 Å². The molecule has 1 rings (SSSR count). The van der Waals surface area contributed by atoms with Crippen LogP contribution in [0.4, 0.5) is 0 Å². The lowest BCUT2D eigenvalue weighted by Crippen LogP contribution is -2.37. The molecule has 0 saturated heterocycles. The number of methoxy groups -OCH3 is 2. The van der Waals surface area contributed by atoms with Crippen molar-refractivity contribution in [3.63, 3.8) is 0 Å². The van der Waals surface area contributed by atoms with E-state index in [1.807, 2.05) is 18.2 Å². The van der Waals surface area contributed by atoms with E-state index in [2.05, 4.69) is 43.2 Å². The van der Waals surface area contributed by atoms with Crippen LogP contribution in [0, 0.1) is 5.92 Å².